The first kappa shape index (κ1) is 18.1. The van der Waals surface area contributed by atoms with Crippen LogP contribution in [-0.2, 0) is 17.9 Å². The Morgan fingerprint density at radius 1 is 1.48 bits per heavy atom. The molecule has 0 spiro atoms. The average molecular weight is 339 g/mol. The summed E-state index contributed by atoms with van der Waals surface area (Å²) in [6.45, 7) is 7.38. The Bertz CT molecular complexity index is 563. The molecule has 0 amide bonds. The molecular weight excluding hydrogens is 313 g/mol. The van der Waals surface area contributed by atoms with Crippen LogP contribution in [0.2, 0.25) is 0 Å². The molecule has 1 aliphatic rings. The number of halogens is 1. The Hall–Kier alpha value is -1.27. The third kappa shape index (κ3) is 5.11. The number of nitrogens with zero attached hydrogens (tertiary/aromatic N) is 2. The maximum absolute atomic E-state index is 13.7. The van der Waals surface area contributed by atoms with Crippen molar-refractivity contribution < 1.29 is 9.13 Å². The predicted molar refractivity (Wildman–Crippen MR) is 95.4 cm³/mol. The van der Waals surface area contributed by atoms with Crippen LogP contribution < -0.4 is 5.32 Å². The van der Waals surface area contributed by atoms with Gasteiger partial charge in [-0.25, -0.2) is 4.39 Å². The van der Waals surface area contributed by atoms with Crippen LogP contribution in [0.5, 0.6) is 0 Å². The van der Waals surface area contributed by atoms with Gasteiger partial charge < -0.3 is 15.0 Å². The van der Waals surface area contributed by atoms with Crippen LogP contribution in [0.4, 0.5) is 4.39 Å². The van der Waals surface area contributed by atoms with Gasteiger partial charge in [-0.2, -0.15) is 11.8 Å². The number of ether oxygens (including phenoxy) is 1. The number of hydrogen-bond acceptors (Lipinski definition) is 3. The number of nitrogens with one attached hydrogen (secondary N) is 1. The van der Waals surface area contributed by atoms with Gasteiger partial charge in [0.25, 0.3) is 0 Å². The molecule has 1 aromatic rings. The lowest BCUT2D eigenvalue weighted by Gasteiger charge is -2.39. The monoisotopic (exact) mass is 339 g/mol. The second-order valence-electron chi connectivity index (χ2n) is 6.29. The van der Waals surface area contributed by atoms with E-state index < -0.39 is 0 Å². The fourth-order valence-electron chi connectivity index (χ4n) is 2.71. The molecule has 1 N–H and O–H groups in total. The minimum Gasteiger partial charge on any atom is -0.380 e. The first-order valence-corrected chi connectivity index (χ1v) is 8.79. The topological polar surface area (TPSA) is 36.9 Å². The number of benzene rings is 1. The fraction of sp³-hybridized carbons (Fsp3) is 0.588. The zero-order chi connectivity index (χ0) is 16.9. The highest BCUT2D eigenvalue weighted by Crippen LogP contribution is 2.29. The Kier molecular flexibility index (Phi) is 6.30. The standard InChI is InChI=1S/C17H26FN3OS/c1-17(2)12-21(7-8-23-17)16(19-3)20-10-13-5-6-15(18)14(9-13)11-22-4/h5-6,9H,7-8,10-12H2,1-4H3,(H,19,20). The van der Waals surface area contributed by atoms with E-state index in [1.54, 1.807) is 20.2 Å². The number of methoxy groups -OCH3 is 1. The van der Waals surface area contributed by atoms with Gasteiger partial charge in [-0.15, -0.1) is 0 Å². The Balaban J connectivity index is 1.99. The van der Waals surface area contributed by atoms with Gasteiger partial charge in [0.2, 0.25) is 0 Å². The lowest BCUT2D eigenvalue weighted by molar-refractivity contribution is 0.181. The second-order valence-corrected chi connectivity index (χ2v) is 8.09. The Morgan fingerprint density at radius 2 is 2.26 bits per heavy atom. The van der Waals surface area contributed by atoms with Crippen molar-refractivity contribution in [3.05, 3.63) is 35.1 Å². The molecule has 0 atom stereocenters. The van der Waals surface area contributed by atoms with Gasteiger partial charge in [-0.05, 0) is 31.5 Å². The smallest absolute Gasteiger partial charge is 0.193 e. The molecule has 1 saturated heterocycles. The second kappa shape index (κ2) is 8.02. The van der Waals surface area contributed by atoms with Crippen molar-refractivity contribution in [3.63, 3.8) is 0 Å². The SMILES string of the molecule is CN=C(NCc1ccc(F)c(COC)c1)N1CCSC(C)(C)C1. The van der Waals surface area contributed by atoms with Gasteiger partial charge in [0.05, 0.1) is 6.61 Å². The van der Waals surface area contributed by atoms with Crippen LogP contribution in [0.15, 0.2) is 23.2 Å². The van der Waals surface area contributed by atoms with Crippen molar-refractivity contribution in [1.82, 2.24) is 10.2 Å². The minimum absolute atomic E-state index is 0.227. The summed E-state index contributed by atoms with van der Waals surface area (Å²) >= 11 is 2.00. The van der Waals surface area contributed by atoms with Crippen LogP contribution >= 0.6 is 11.8 Å². The van der Waals surface area contributed by atoms with E-state index >= 15 is 0 Å². The van der Waals surface area contributed by atoms with E-state index in [-0.39, 0.29) is 17.2 Å². The Morgan fingerprint density at radius 3 is 2.91 bits per heavy atom. The quantitative estimate of drug-likeness (QED) is 0.676. The van der Waals surface area contributed by atoms with E-state index in [1.165, 1.54) is 6.07 Å². The van der Waals surface area contributed by atoms with E-state index in [2.05, 4.69) is 29.1 Å². The van der Waals surface area contributed by atoms with Crippen LogP contribution in [0.25, 0.3) is 0 Å². The zero-order valence-electron chi connectivity index (χ0n) is 14.4. The van der Waals surface area contributed by atoms with Crippen molar-refractivity contribution in [2.45, 2.75) is 31.7 Å². The molecule has 0 saturated carbocycles. The van der Waals surface area contributed by atoms with Crippen LogP contribution in [0, 0.1) is 5.82 Å². The highest BCUT2D eigenvalue weighted by molar-refractivity contribution is 8.00. The molecule has 4 nitrogen and oxygen atoms in total. The van der Waals surface area contributed by atoms with E-state index in [0.29, 0.717) is 12.1 Å². The molecule has 0 bridgehead atoms. The lowest BCUT2D eigenvalue weighted by Crippen LogP contribution is -2.50. The van der Waals surface area contributed by atoms with Gasteiger partial charge in [-0.3, -0.25) is 4.99 Å². The summed E-state index contributed by atoms with van der Waals surface area (Å²) in [5, 5.41) is 3.39. The maximum atomic E-state index is 13.7. The van der Waals surface area contributed by atoms with Crippen molar-refractivity contribution >= 4 is 17.7 Å². The van der Waals surface area contributed by atoms with Crippen molar-refractivity contribution in [2.24, 2.45) is 4.99 Å². The molecule has 0 aromatic heterocycles. The average Bonchev–Trinajstić information content (AvgIpc) is 2.50. The number of thioether (sulfide) groups is 1. The zero-order valence-corrected chi connectivity index (χ0v) is 15.2. The molecule has 1 fully saturated rings. The highest BCUT2D eigenvalue weighted by Gasteiger charge is 2.28. The normalized spacial score (nSPS) is 18.1. The molecule has 23 heavy (non-hydrogen) atoms. The number of guanidine groups is 1. The number of aliphatic imine (C=N–C) groups is 1. The summed E-state index contributed by atoms with van der Waals surface area (Å²) in [6.07, 6.45) is 0. The van der Waals surface area contributed by atoms with Gasteiger partial charge in [0, 0.05) is 49.9 Å². The maximum Gasteiger partial charge on any atom is 0.193 e. The van der Waals surface area contributed by atoms with Gasteiger partial charge in [0.15, 0.2) is 5.96 Å². The molecule has 1 heterocycles. The number of rotatable bonds is 4. The van der Waals surface area contributed by atoms with Gasteiger partial charge in [0.1, 0.15) is 5.82 Å². The molecule has 0 unspecified atom stereocenters. The summed E-state index contributed by atoms with van der Waals surface area (Å²) in [5.74, 6) is 1.77. The van der Waals surface area contributed by atoms with Crippen molar-refractivity contribution in [1.29, 1.82) is 0 Å². The minimum atomic E-state index is -0.227. The summed E-state index contributed by atoms with van der Waals surface area (Å²) < 4.78 is 18.9. The summed E-state index contributed by atoms with van der Waals surface area (Å²) in [6, 6.07) is 5.13. The third-order valence-corrected chi connectivity index (χ3v) is 5.09. The molecule has 2 rings (SSSR count). The predicted octanol–water partition coefficient (Wildman–Crippen LogP) is 2.87. The molecule has 128 valence electrons. The molecule has 0 aliphatic carbocycles. The first-order chi connectivity index (χ1) is 10.9. The van der Waals surface area contributed by atoms with Gasteiger partial charge >= 0.3 is 0 Å². The highest BCUT2D eigenvalue weighted by atomic mass is 32.2. The van der Waals surface area contributed by atoms with Crippen LogP contribution in [0.1, 0.15) is 25.0 Å². The molecule has 1 aromatic carbocycles. The number of hydrogen-bond donors (Lipinski definition) is 1. The Labute approximate surface area is 142 Å². The summed E-state index contributed by atoms with van der Waals surface area (Å²) in [5.41, 5.74) is 1.60. The fourth-order valence-corrected chi connectivity index (χ4v) is 3.83. The van der Waals surface area contributed by atoms with E-state index in [4.69, 9.17) is 4.74 Å². The van der Waals surface area contributed by atoms with Crippen LogP contribution in [0.3, 0.4) is 0 Å². The van der Waals surface area contributed by atoms with Gasteiger partial charge in [-0.1, -0.05) is 6.07 Å². The summed E-state index contributed by atoms with van der Waals surface area (Å²) in [7, 11) is 3.38. The molecule has 0 radical (unpaired) electrons. The first-order valence-electron chi connectivity index (χ1n) is 7.81. The molecule has 1 aliphatic heterocycles. The van der Waals surface area contributed by atoms with Crippen LogP contribution in [-0.4, -0.2) is 48.6 Å². The molecular formula is C17H26FN3OS. The van der Waals surface area contributed by atoms with E-state index in [1.807, 2.05) is 17.8 Å². The van der Waals surface area contributed by atoms with Crippen molar-refractivity contribution in [2.75, 3.05) is 33.0 Å². The van der Waals surface area contributed by atoms with E-state index in [9.17, 15) is 4.39 Å². The van der Waals surface area contributed by atoms with E-state index in [0.717, 1.165) is 30.4 Å². The summed E-state index contributed by atoms with van der Waals surface area (Å²) in [4.78, 5) is 6.68. The van der Waals surface area contributed by atoms with Crippen molar-refractivity contribution in [3.8, 4) is 0 Å². The largest absolute Gasteiger partial charge is 0.380 e. The molecule has 6 heteroatoms. The third-order valence-electron chi connectivity index (χ3n) is 3.80. The lowest BCUT2D eigenvalue weighted by atomic mass is 10.1.